The van der Waals surface area contributed by atoms with Crippen molar-refractivity contribution in [1.29, 1.82) is 0 Å². The molecule has 0 aliphatic rings. The topological polar surface area (TPSA) is 166 Å². The molecule has 4 N–H and O–H groups in total. The van der Waals surface area contributed by atoms with E-state index in [1.54, 1.807) is 12.1 Å². The summed E-state index contributed by atoms with van der Waals surface area (Å²) in [6.07, 6.45) is 0. The molecule has 0 heterocycles. The van der Waals surface area contributed by atoms with Gasteiger partial charge in [0, 0.05) is 70.3 Å². The molecule has 2 amide bonds. The fraction of sp³-hybridized carbons (Fsp3) is 0. The van der Waals surface area contributed by atoms with Crippen LogP contribution in [0.2, 0.25) is 0 Å². The minimum absolute atomic E-state index is 0. The summed E-state index contributed by atoms with van der Waals surface area (Å²) in [6, 6.07) is 11.8. The second-order valence-electron chi connectivity index (χ2n) is 7.45. The largest absolute Gasteiger partial charge is 0.545 e. The molecule has 0 saturated heterocycles. The minimum Gasteiger partial charge on any atom is -0.545 e. The van der Waals surface area contributed by atoms with Crippen molar-refractivity contribution < 1.29 is 66.7 Å². The molecule has 0 unspecified atom stereocenters. The molecule has 0 spiro atoms. The van der Waals surface area contributed by atoms with Crippen LogP contribution < -0.4 is 21.7 Å². The number of carboxylic acids is 2. The predicted molar refractivity (Wildman–Crippen MR) is 113 cm³/mol. The monoisotopic (exact) mass is 590 g/mol. The zero-order chi connectivity index (χ0) is 22.9. The Labute approximate surface area is 214 Å². The number of hydrogen-bond donors (Lipinski definition) is 2. The van der Waals surface area contributed by atoms with Gasteiger partial charge in [-0.25, -0.2) is 0 Å². The van der Waals surface area contributed by atoms with Crippen LogP contribution >= 0.6 is 0 Å². The number of aromatic carboxylic acids is 2. The summed E-state index contributed by atoms with van der Waals surface area (Å²) in [5.41, 5.74) is 10.7. The van der Waals surface area contributed by atoms with Gasteiger partial charge in [-0.3, -0.25) is 9.59 Å². The van der Waals surface area contributed by atoms with Crippen molar-refractivity contribution >= 4 is 66.8 Å². The van der Waals surface area contributed by atoms with E-state index < -0.39 is 23.8 Å². The van der Waals surface area contributed by atoms with Crippen LogP contribution in [0, 0.1) is 37.3 Å². The maximum Gasteiger partial charge on any atom is 0.249 e. The van der Waals surface area contributed by atoms with Gasteiger partial charge in [-0.2, -0.15) is 0 Å². The first-order valence-electron chi connectivity index (χ1n) is 9.44. The van der Waals surface area contributed by atoms with Crippen molar-refractivity contribution in [2.24, 2.45) is 11.5 Å². The van der Waals surface area contributed by atoms with Gasteiger partial charge in [-0.05, 0) is 44.5 Å². The number of benzene rings is 5. The van der Waals surface area contributed by atoms with Crippen LogP contribution in [0.4, 0.5) is 0 Å². The molecular formula is C24H12ErN2O6-2. The number of carbonyl (C=O) groups is 4. The molecule has 0 bridgehead atoms. The van der Waals surface area contributed by atoms with Crippen LogP contribution in [0.1, 0.15) is 41.4 Å². The first kappa shape index (κ1) is 22.7. The molecule has 33 heavy (non-hydrogen) atoms. The van der Waals surface area contributed by atoms with Crippen LogP contribution in [0.5, 0.6) is 0 Å². The number of primary amides is 2. The molecule has 0 aromatic heterocycles. The molecule has 0 saturated carbocycles. The van der Waals surface area contributed by atoms with Gasteiger partial charge in [0.1, 0.15) is 0 Å². The molecule has 5 rings (SSSR count). The van der Waals surface area contributed by atoms with Crippen LogP contribution in [0.25, 0.3) is 43.1 Å². The fourth-order valence-corrected chi connectivity index (χ4v) is 4.64. The van der Waals surface area contributed by atoms with Crippen molar-refractivity contribution in [3.63, 3.8) is 0 Å². The third-order valence-electron chi connectivity index (χ3n) is 5.87. The zero-order valence-corrected chi connectivity index (χ0v) is 18.4. The van der Waals surface area contributed by atoms with Crippen LogP contribution in [0.3, 0.4) is 0 Å². The summed E-state index contributed by atoms with van der Waals surface area (Å²) in [5.74, 6) is -4.54. The quantitative estimate of drug-likeness (QED) is 0.230. The molecule has 0 aliphatic heterocycles. The predicted octanol–water partition coefficient (Wildman–Crippen LogP) is 0.662. The number of hydrogen-bond acceptors (Lipinski definition) is 6. The van der Waals surface area contributed by atoms with E-state index in [1.807, 2.05) is 0 Å². The van der Waals surface area contributed by atoms with Gasteiger partial charge in [-0.15, -0.1) is 0 Å². The van der Waals surface area contributed by atoms with Crippen molar-refractivity contribution in [2.45, 2.75) is 0 Å². The Morgan fingerprint density at radius 2 is 0.758 bits per heavy atom. The van der Waals surface area contributed by atoms with E-state index in [0.29, 0.717) is 32.3 Å². The molecule has 0 aliphatic carbocycles. The standard InChI is InChI=1S/C24H14N2O6.Er/c25-21(27)13-5-1-9-11-3-7-15(23(29)30)20-16(24(31)32)8-4-12(18(11)20)10-2-6-14(22(26)28)19(13)17(9)10;/h1-8H,(H2,25,27)(H2,26,28)(H,29,30)(H,31,32);/p-2. The Balaban J connectivity index is 0.00000259. The molecule has 8 nitrogen and oxygen atoms in total. The molecule has 0 atom stereocenters. The van der Waals surface area contributed by atoms with Crippen molar-refractivity contribution in [2.75, 3.05) is 0 Å². The summed E-state index contributed by atoms with van der Waals surface area (Å²) in [4.78, 5) is 47.8. The number of fused-ring (bicyclic) bond motifs is 2. The van der Waals surface area contributed by atoms with E-state index in [2.05, 4.69) is 0 Å². The number of nitrogens with two attached hydrogens (primary N) is 2. The van der Waals surface area contributed by atoms with E-state index in [-0.39, 0.29) is 70.3 Å². The van der Waals surface area contributed by atoms with E-state index >= 15 is 0 Å². The zero-order valence-electron chi connectivity index (χ0n) is 16.5. The second kappa shape index (κ2) is 7.83. The number of amides is 2. The van der Waals surface area contributed by atoms with E-state index in [1.165, 1.54) is 36.4 Å². The summed E-state index contributed by atoms with van der Waals surface area (Å²) in [5, 5.41) is 26.9. The Kier molecular flexibility index (Phi) is 5.39. The Morgan fingerprint density at radius 1 is 0.485 bits per heavy atom. The van der Waals surface area contributed by atoms with Crippen LogP contribution in [-0.2, 0) is 0 Å². The van der Waals surface area contributed by atoms with Crippen molar-refractivity contribution in [1.82, 2.24) is 0 Å². The maximum atomic E-state index is 12.1. The normalized spacial score (nSPS) is 11.2. The second-order valence-corrected chi connectivity index (χ2v) is 7.45. The summed E-state index contributed by atoms with van der Waals surface area (Å²) in [7, 11) is 0. The molecule has 0 fully saturated rings. The maximum absolute atomic E-state index is 12.1. The average Bonchev–Trinajstić information content (AvgIpc) is 2.75. The summed E-state index contributed by atoms with van der Waals surface area (Å²) < 4.78 is 0. The third kappa shape index (κ3) is 3.10. The van der Waals surface area contributed by atoms with E-state index in [0.717, 1.165) is 0 Å². The molecule has 168 valence electrons. The number of carbonyl (C=O) groups excluding carboxylic acids is 4. The van der Waals surface area contributed by atoms with E-state index in [9.17, 15) is 29.4 Å². The average molecular weight is 592 g/mol. The Bertz CT molecular complexity index is 1450. The summed E-state index contributed by atoms with van der Waals surface area (Å²) in [6.45, 7) is 0. The van der Waals surface area contributed by atoms with Gasteiger partial charge in [-0.1, -0.05) is 36.4 Å². The SMILES string of the molecule is NC(=O)c1ccc2c3ccc(C(=O)[O-])c4c(C(=O)[O-])ccc(c5ccc(C(N)=O)c1c25)c43.[Er]. The fourth-order valence-electron chi connectivity index (χ4n) is 4.64. The summed E-state index contributed by atoms with van der Waals surface area (Å²) >= 11 is 0. The molecule has 9 heteroatoms. The number of rotatable bonds is 4. The van der Waals surface area contributed by atoms with Gasteiger partial charge < -0.3 is 31.3 Å². The van der Waals surface area contributed by atoms with Crippen LogP contribution in [0.15, 0.2) is 48.5 Å². The smallest absolute Gasteiger partial charge is 0.249 e. The molecule has 5 aromatic carbocycles. The van der Waals surface area contributed by atoms with Gasteiger partial charge in [0.05, 0.1) is 11.9 Å². The van der Waals surface area contributed by atoms with Gasteiger partial charge >= 0.3 is 0 Å². The van der Waals surface area contributed by atoms with Crippen molar-refractivity contribution in [3.05, 3.63) is 70.8 Å². The van der Waals surface area contributed by atoms with Gasteiger partial charge in [0.25, 0.3) is 0 Å². The third-order valence-corrected chi connectivity index (χ3v) is 5.87. The molecular weight excluding hydrogens is 580 g/mol. The molecule has 5 aromatic rings. The van der Waals surface area contributed by atoms with Gasteiger partial charge in [0.15, 0.2) is 0 Å². The van der Waals surface area contributed by atoms with Crippen molar-refractivity contribution in [3.8, 4) is 0 Å². The van der Waals surface area contributed by atoms with E-state index in [4.69, 9.17) is 11.5 Å². The Hall–Kier alpha value is -3.47. The molecule has 0 radical (unpaired) electrons. The minimum atomic E-state index is -1.53. The number of carboxylic acid groups (broad SMARTS) is 2. The first-order chi connectivity index (χ1) is 15.2. The van der Waals surface area contributed by atoms with Gasteiger partial charge in [0.2, 0.25) is 11.8 Å². The van der Waals surface area contributed by atoms with Crippen LogP contribution in [-0.4, -0.2) is 23.8 Å². The first-order valence-corrected chi connectivity index (χ1v) is 9.44. The Morgan fingerprint density at radius 3 is 1.03 bits per heavy atom.